The minimum atomic E-state index is 0.345. The first-order chi connectivity index (χ1) is 7.83. The van der Waals surface area contributed by atoms with Crippen LogP contribution in [0.15, 0.2) is 40.9 Å². The Labute approximate surface area is 96.0 Å². The summed E-state index contributed by atoms with van der Waals surface area (Å²) in [7, 11) is 0. The fourth-order valence-corrected chi connectivity index (χ4v) is 1.69. The van der Waals surface area contributed by atoms with Crippen LogP contribution in [0.4, 0.5) is 0 Å². The SMILES string of the molecule is S=c1nc(-c2cc3ccccc3o2)cn[nH]1. The number of nitrogens with zero attached hydrogens (tertiary/aromatic N) is 2. The van der Waals surface area contributed by atoms with Crippen LogP contribution in [-0.4, -0.2) is 15.2 Å². The van der Waals surface area contributed by atoms with Gasteiger partial charge in [0.15, 0.2) is 5.76 Å². The van der Waals surface area contributed by atoms with Crippen molar-refractivity contribution in [3.05, 3.63) is 41.3 Å². The Kier molecular flexibility index (Phi) is 2.04. The van der Waals surface area contributed by atoms with Crippen molar-refractivity contribution in [2.24, 2.45) is 0 Å². The third-order valence-electron chi connectivity index (χ3n) is 2.25. The van der Waals surface area contributed by atoms with Gasteiger partial charge in [0.1, 0.15) is 11.3 Å². The fourth-order valence-electron chi connectivity index (χ4n) is 1.54. The van der Waals surface area contributed by atoms with Crippen molar-refractivity contribution in [2.75, 3.05) is 0 Å². The number of aromatic amines is 1. The molecule has 0 spiro atoms. The predicted molar refractivity (Wildman–Crippen MR) is 62.4 cm³/mol. The number of para-hydroxylation sites is 1. The molecule has 78 valence electrons. The molecule has 3 aromatic rings. The molecule has 0 bridgehead atoms. The highest BCUT2D eigenvalue weighted by Crippen LogP contribution is 2.25. The van der Waals surface area contributed by atoms with Gasteiger partial charge in [-0.2, -0.15) is 5.10 Å². The third kappa shape index (κ3) is 1.51. The van der Waals surface area contributed by atoms with Gasteiger partial charge in [-0.3, -0.25) is 5.10 Å². The fraction of sp³-hybridized carbons (Fsp3) is 0. The van der Waals surface area contributed by atoms with Crippen molar-refractivity contribution in [3.8, 4) is 11.5 Å². The topological polar surface area (TPSA) is 54.7 Å². The first kappa shape index (κ1) is 9.23. The normalized spacial score (nSPS) is 10.8. The van der Waals surface area contributed by atoms with Crippen LogP contribution in [0.5, 0.6) is 0 Å². The van der Waals surface area contributed by atoms with Gasteiger partial charge >= 0.3 is 0 Å². The maximum Gasteiger partial charge on any atom is 0.214 e. The average molecular weight is 229 g/mol. The summed E-state index contributed by atoms with van der Waals surface area (Å²) in [4.78, 5) is 4.14. The molecule has 0 aliphatic heterocycles. The van der Waals surface area contributed by atoms with Gasteiger partial charge in [0, 0.05) is 5.39 Å². The summed E-state index contributed by atoms with van der Waals surface area (Å²) >= 11 is 4.91. The number of hydrogen-bond acceptors (Lipinski definition) is 4. The molecule has 0 atom stereocenters. The van der Waals surface area contributed by atoms with Crippen LogP contribution in [0.3, 0.4) is 0 Å². The van der Waals surface area contributed by atoms with E-state index in [4.69, 9.17) is 16.6 Å². The Morgan fingerprint density at radius 3 is 2.94 bits per heavy atom. The van der Waals surface area contributed by atoms with Crippen LogP contribution in [-0.2, 0) is 0 Å². The van der Waals surface area contributed by atoms with Gasteiger partial charge in [0.2, 0.25) is 4.77 Å². The summed E-state index contributed by atoms with van der Waals surface area (Å²) in [6.07, 6.45) is 1.59. The van der Waals surface area contributed by atoms with Gasteiger partial charge in [-0.15, -0.1) is 0 Å². The van der Waals surface area contributed by atoms with E-state index in [0.29, 0.717) is 16.2 Å². The maximum absolute atomic E-state index is 5.65. The highest BCUT2D eigenvalue weighted by Gasteiger charge is 2.06. The lowest BCUT2D eigenvalue weighted by atomic mass is 10.2. The van der Waals surface area contributed by atoms with Crippen LogP contribution in [0, 0.1) is 4.77 Å². The first-order valence-corrected chi connectivity index (χ1v) is 5.14. The Balaban J connectivity index is 2.23. The molecule has 2 heterocycles. The predicted octanol–water partition coefficient (Wildman–Crippen LogP) is 2.95. The number of benzene rings is 1. The lowest BCUT2D eigenvalue weighted by molar-refractivity contribution is 0.627. The lowest BCUT2D eigenvalue weighted by Crippen LogP contribution is -1.88. The molecular formula is C11H7N3OS. The molecule has 0 unspecified atom stereocenters. The smallest absolute Gasteiger partial charge is 0.214 e. The van der Waals surface area contributed by atoms with Crippen molar-refractivity contribution in [1.29, 1.82) is 0 Å². The number of nitrogens with one attached hydrogen (secondary N) is 1. The zero-order valence-corrected chi connectivity index (χ0v) is 8.99. The first-order valence-electron chi connectivity index (χ1n) is 4.73. The highest BCUT2D eigenvalue weighted by atomic mass is 32.1. The zero-order chi connectivity index (χ0) is 11.0. The molecule has 0 aliphatic rings. The van der Waals surface area contributed by atoms with Gasteiger partial charge < -0.3 is 4.42 Å². The number of H-pyrrole nitrogens is 1. The lowest BCUT2D eigenvalue weighted by Gasteiger charge is -1.92. The average Bonchev–Trinajstić information content (AvgIpc) is 2.72. The molecule has 16 heavy (non-hydrogen) atoms. The molecule has 3 rings (SSSR count). The Hall–Kier alpha value is -2.01. The van der Waals surface area contributed by atoms with E-state index in [2.05, 4.69) is 15.2 Å². The van der Waals surface area contributed by atoms with Crippen molar-refractivity contribution >= 4 is 23.2 Å². The second-order valence-electron chi connectivity index (χ2n) is 3.32. The summed E-state index contributed by atoms with van der Waals surface area (Å²) in [5, 5.41) is 7.51. The van der Waals surface area contributed by atoms with Gasteiger partial charge in [0.05, 0.1) is 6.20 Å². The summed E-state index contributed by atoms with van der Waals surface area (Å²) in [5.74, 6) is 0.675. The largest absolute Gasteiger partial charge is 0.454 e. The summed E-state index contributed by atoms with van der Waals surface area (Å²) in [5.41, 5.74) is 1.47. The molecule has 0 amide bonds. The van der Waals surface area contributed by atoms with E-state index in [9.17, 15) is 0 Å². The van der Waals surface area contributed by atoms with Crippen LogP contribution in [0.1, 0.15) is 0 Å². The monoisotopic (exact) mass is 229 g/mol. The Morgan fingerprint density at radius 2 is 2.12 bits per heavy atom. The number of fused-ring (bicyclic) bond motifs is 1. The van der Waals surface area contributed by atoms with E-state index in [1.54, 1.807) is 6.20 Å². The molecule has 0 radical (unpaired) electrons. The number of hydrogen-bond donors (Lipinski definition) is 1. The van der Waals surface area contributed by atoms with Crippen molar-refractivity contribution < 1.29 is 4.42 Å². The van der Waals surface area contributed by atoms with E-state index in [1.165, 1.54) is 0 Å². The van der Waals surface area contributed by atoms with Crippen LogP contribution < -0.4 is 0 Å². The summed E-state index contributed by atoms with van der Waals surface area (Å²) in [6.45, 7) is 0. The van der Waals surface area contributed by atoms with E-state index in [0.717, 1.165) is 11.0 Å². The van der Waals surface area contributed by atoms with Crippen molar-refractivity contribution in [1.82, 2.24) is 15.2 Å². The minimum Gasteiger partial charge on any atom is -0.454 e. The van der Waals surface area contributed by atoms with Gasteiger partial charge in [-0.25, -0.2) is 4.98 Å². The van der Waals surface area contributed by atoms with E-state index >= 15 is 0 Å². The molecular weight excluding hydrogens is 222 g/mol. The maximum atomic E-state index is 5.65. The molecule has 1 aromatic carbocycles. The van der Waals surface area contributed by atoms with Crippen molar-refractivity contribution in [3.63, 3.8) is 0 Å². The second kappa shape index (κ2) is 3.53. The molecule has 1 N–H and O–H groups in total. The van der Waals surface area contributed by atoms with Crippen molar-refractivity contribution in [2.45, 2.75) is 0 Å². The minimum absolute atomic E-state index is 0.345. The Morgan fingerprint density at radius 1 is 1.25 bits per heavy atom. The number of rotatable bonds is 1. The summed E-state index contributed by atoms with van der Waals surface area (Å²) in [6, 6.07) is 9.71. The molecule has 0 saturated heterocycles. The van der Waals surface area contributed by atoms with Gasteiger partial charge in [0.25, 0.3) is 0 Å². The third-order valence-corrected chi connectivity index (χ3v) is 2.43. The molecule has 2 aromatic heterocycles. The zero-order valence-electron chi connectivity index (χ0n) is 8.18. The molecule has 0 fully saturated rings. The van der Waals surface area contributed by atoms with Gasteiger partial charge in [-0.05, 0) is 24.4 Å². The number of aromatic nitrogens is 3. The molecule has 0 saturated carbocycles. The van der Waals surface area contributed by atoms with E-state index in [-0.39, 0.29) is 0 Å². The highest BCUT2D eigenvalue weighted by molar-refractivity contribution is 7.71. The standard InChI is InChI=1S/C11H7N3OS/c16-11-13-8(6-12-14-11)10-5-7-3-1-2-4-9(7)15-10/h1-6H,(H,13,14,16). The quantitative estimate of drug-likeness (QED) is 0.652. The second-order valence-corrected chi connectivity index (χ2v) is 3.71. The van der Waals surface area contributed by atoms with E-state index < -0.39 is 0 Å². The molecule has 5 heteroatoms. The van der Waals surface area contributed by atoms with Crippen LogP contribution in [0.2, 0.25) is 0 Å². The summed E-state index contributed by atoms with van der Waals surface area (Å²) < 4.78 is 5.99. The Bertz CT molecular complexity index is 668. The number of furan rings is 1. The van der Waals surface area contributed by atoms with Crippen LogP contribution >= 0.6 is 12.2 Å². The van der Waals surface area contributed by atoms with Crippen LogP contribution in [0.25, 0.3) is 22.4 Å². The van der Waals surface area contributed by atoms with Gasteiger partial charge in [-0.1, -0.05) is 18.2 Å². The molecule has 0 aliphatic carbocycles. The molecule has 4 nitrogen and oxygen atoms in total. The van der Waals surface area contributed by atoms with E-state index in [1.807, 2.05) is 30.3 Å².